The average Bonchev–Trinajstić information content (AvgIpc) is 2.94. The van der Waals surface area contributed by atoms with E-state index in [-0.39, 0.29) is 45.8 Å². The van der Waals surface area contributed by atoms with Gasteiger partial charge in [0.2, 0.25) is 0 Å². The third-order valence-corrected chi connectivity index (χ3v) is 12.3. The molecule has 5 rings (SSSR count). The molecule has 0 radical (unpaired) electrons. The second kappa shape index (κ2) is 7.67. The van der Waals surface area contributed by atoms with Crippen molar-refractivity contribution < 1.29 is 24.5 Å². The maximum Gasteiger partial charge on any atom is 0.334 e. The van der Waals surface area contributed by atoms with E-state index in [9.17, 15) is 15.0 Å². The quantitative estimate of drug-likeness (QED) is 0.551. The summed E-state index contributed by atoms with van der Waals surface area (Å²) < 4.78 is 11.4. The summed E-state index contributed by atoms with van der Waals surface area (Å²) in [6.07, 6.45) is 7.97. The molecule has 1 saturated heterocycles. The molecule has 33 heavy (non-hydrogen) atoms. The Morgan fingerprint density at radius 1 is 1.03 bits per heavy atom. The molecule has 4 aliphatic carbocycles. The summed E-state index contributed by atoms with van der Waals surface area (Å²) in [4.78, 5) is 12.4. The van der Waals surface area contributed by atoms with Crippen LogP contribution in [0.15, 0.2) is 0 Å². The van der Waals surface area contributed by atoms with Gasteiger partial charge in [-0.1, -0.05) is 41.0 Å². The van der Waals surface area contributed by atoms with Crippen molar-refractivity contribution in [2.24, 2.45) is 45.3 Å². The molecule has 0 aromatic rings. The van der Waals surface area contributed by atoms with E-state index in [4.69, 9.17) is 9.47 Å². The number of aliphatic hydroxyl groups is 2. The van der Waals surface area contributed by atoms with Crippen molar-refractivity contribution in [1.29, 1.82) is 0 Å². The lowest BCUT2D eigenvalue weighted by Gasteiger charge is -2.64. The molecule has 2 N–H and O–H groups in total. The summed E-state index contributed by atoms with van der Waals surface area (Å²) in [6.45, 7) is 11.6. The van der Waals surface area contributed by atoms with Crippen molar-refractivity contribution in [2.75, 3.05) is 7.11 Å². The van der Waals surface area contributed by atoms with Crippen LogP contribution in [0.4, 0.5) is 0 Å². The van der Waals surface area contributed by atoms with Crippen LogP contribution in [-0.2, 0) is 14.3 Å². The van der Waals surface area contributed by atoms with Gasteiger partial charge in [0, 0.05) is 5.41 Å². The molecule has 5 aliphatic rings. The fourth-order valence-electron chi connectivity index (χ4n) is 10.5. The first kappa shape index (κ1) is 24.1. The van der Waals surface area contributed by atoms with E-state index in [0.29, 0.717) is 24.2 Å². The van der Waals surface area contributed by atoms with E-state index in [0.717, 1.165) is 38.5 Å². The first-order valence-corrected chi connectivity index (χ1v) is 13.5. The molecule has 4 saturated carbocycles. The van der Waals surface area contributed by atoms with E-state index in [2.05, 4.69) is 34.6 Å². The summed E-state index contributed by atoms with van der Waals surface area (Å²) in [5, 5.41) is 22.8. The zero-order valence-electron chi connectivity index (χ0n) is 21.6. The molecule has 5 heteroatoms. The molecule has 0 amide bonds. The van der Waals surface area contributed by atoms with Gasteiger partial charge in [0.05, 0.1) is 25.4 Å². The number of carbonyl (C=O) groups is 1. The first-order chi connectivity index (χ1) is 15.4. The van der Waals surface area contributed by atoms with Gasteiger partial charge in [-0.25, -0.2) is 4.79 Å². The van der Waals surface area contributed by atoms with E-state index in [1.165, 1.54) is 20.0 Å². The highest BCUT2D eigenvalue weighted by molar-refractivity contribution is 5.74. The Hall–Kier alpha value is -0.650. The summed E-state index contributed by atoms with van der Waals surface area (Å²) in [5.41, 5.74) is -0.00857. The molecule has 188 valence electrons. The Bertz CT molecular complexity index is 795. The zero-order chi connectivity index (χ0) is 24.0. The number of hydrogen-bond donors (Lipinski definition) is 2. The topological polar surface area (TPSA) is 76.0 Å². The van der Waals surface area contributed by atoms with Gasteiger partial charge in [0.1, 0.15) is 0 Å². The van der Waals surface area contributed by atoms with Crippen LogP contribution in [0.3, 0.4) is 0 Å². The molecule has 11 unspecified atom stereocenters. The number of carbonyl (C=O) groups excluding carboxylic acids is 1. The highest BCUT2D eigenvalue weighted by Crippen LogP contribution is 2.72. The van der Waals surface area contributed by atoms with E-state index < -0.39 is 12.2 Å². The third-order valence-electron chi connectivity index (χ3n) is 12.3. The minimum Gasteiger partial charge on any atom is -0.467 e. The standard InChI is InChI=1S/C28H46O5/c1-16-14-18(24(31)32-6)33-22-21(16)26(4)11-7-12-28-13-10-20(29)25(2,3)19(28)9-8-17(15-28)27(26,5)23(22)30/h16-23,29-30H,7-15H2,1-6H3. The lowest BCUT2D eigenvalue weighted by Crippen LogP contribution is -2.58. The fraction of sp³-hybridized carbons (Fsp3) is 0.964. The fourth-order valence-corrected chi connectivity index (χ4v) is 10.5. The Kier molecular flexibility index (Phi) is 5.59. The van der Waals surface area contributed by atoms with Crippen LogP contribution in [0, 0.1) is 45.3 Å². The van der Waals surface area contributed by atoms with Crippen molar-refractivity contribution in [3.8, 4) is 0 Å². The van der Waals surface area contributed by atoms with Crippen LogP contribution in [-0.4, -0.2) is 47.7 Å². The molecule has 1 heterocycles. The number of fused-ring (bicyclic) bond motifs is 5. The number of esters is 1. The molecular weight excluding hydrogens is 416 g/mol. The van der Waals surface area contributed by atoms with Crippen molar-refractivity contribution in [1.82, 2.24) is 0 Å². The normalized spacial score (nSPS) is 55.4. The number of aliphatic hydroxyl groups excluding tert-OH is 2. The molecule has 5 fully saturated rings. The molecule has 1 aliphatic heterocycles. The number of rotatable bonds is 1. The Morgan fingerprint density at radius 2 is 1.76 bits per heavy atom. The summed E-state index contributed by atoms with van der Waals surface area (Å²) in [6, 6.07) is 0. The first-order valence-electron chi connectivity index (χ1n) is 13.5. The van der Waals surface area contributed by atoms with Gasteiger partial charge in [-0.05, 0) is 91.3 Å². The number of hydrogen-bond acceptors (Lipinski definition) is 5. The Labute approximate surface area is 200 Å². The maximum atomic E-state index is 12.4. The number of methoxy groups -OCH3 is 1. The molecular formula is C28H46O5. The number of ether oxygens (including phenoxy) is 2. The largest absolute Gasteiger partial charge is 0.467 e. The van der Waals surface area contributed by atoms with Gasteiger partial charge in [-0.2, -0.15) is 0 Å². The maximum absolute atomic E-state index is 12.4. The van der Waals surface area contributed by atoms with Gasteiger partial charge in [0.25, 0.3) is 0 Å². The lowest BCUT2D eigenvalue weighted by atomic mass is 9.41. The summed E-state index contributed by atoms with van der Waals surface area (Å²) in [5.74, 6) is 1.25. The highest BCUT2D eigenvalue weighted by Gasteiger charge is 2.71. The van der Waals surface area contributed by atoms with Gasteiger partial charge in [-0.15, -0.1) is 0 Å². The van der Waals surface area contributed by atoms with Crippen LogP contribution in [0.5, 0.6) is 0 Å². The van der Waals surface area contributed by atoms with Crippen molar-refractivity contribution in [3.05, 3.63) is 0 Å². The zero-order valence-corrected chi connectivity index (χ0v) is 21.6. The Balaban J connectivity index is 1.52. The van der Waals surface area contributed by atoms with Crippen molar-refractivity contribution >= 4 is 5.97 Å². The smallest absolute Gasteiger partial charge is 0.334 e. The van der Waals surface area contributed by atoms with Crippen LogP contribution in [0.1, 0.15) is 92.4 Å². The second-order valence-electron chi connectivity index (χ2n) is 13.6. The molecule has 2 bridgehead atoms. The molecule has 0 aromatic heterocycles. The SMILES string of the molecule is COC(=O)C1CC(C)C2C(O1)C(O)C1(C)C3CCC4C(CCCC21C)(CCC(O)C4(C)C)C3. The van der Waals surface area contributed by atoms with E-state index in [1.54, 1.807) is 0 Å². The summed E-state index contributed by atoms with van der Waals surface area (Å²) >= 11 is 0. The molecule has 5 nitrogen and oxygen atoms in total. The molecule has 1 spiro atoms. The van der Waals surface area contributed by atoms with E-state index in [1.807, 2.05) is 0 Å². The lowest BCUT2D eigenvalue weighted by molar-refractivity contribution is -0.183. The van der Waals surface area contributed by atoms with Gasteiger partial charge in [-0.3, -0.25) is 0 Å². The minimum atomic E-state index is -0.569. The summed E-state index contributed by atoms with van der Waals surface area (Å²) in [7, 11) is 1.42. The van der Waals surface area contributed by atoms with E-state index >= 15 is 0 Å². The van der Waals surface area contributed by atoms with Gasteiger partial charge in [0.15, 0.2) is 6.10 Å². The van der Waals surface area contributed by atoms with Gasteiger partial charge < -0.3 is 19.7 Å². The van der Waals surface area contributed by atoms with Crippen LogP contribution >= 0.6 is 0 Å². The highest BCUT2D eigenvalue weighted by atomic mass is 16.6. The van der Waals surface area contributed by atoms with Crippen LogP contribution < -0.4 is 0 Å². The van der Waals surface area contributed by atoms with Crippen molar-refractivity contribution in [3.63, 3.8) is 0 Å². The van der Waals surface area contributed by atoms with Crippen LogP contribution in [0.2, 0.25) is 0 Å². The predicted molar refractivity (Wildman–Crippen MR) is 126 cm³/mol. The predicted octanol–water partition coefficient (Wildman–Crippen LogP) is 4.72. The molecule has 0 aromatic carbocycles. The third kappa shape index (κ3) is 3.03. The minimum absolute atomic E-state index is 0.0135. The van der Waals surface area contributed by atoms with Gasteiger partial charge >= 0.3 is 5.97 Å². The Morgan fingerprint density at radius 3 is 2.45 bits per heavy atom. The van der Waals surface area contributed by atoms with Crippen molar-refractivity contribution in [2.45, 2.75) is 117 Å². The monoisotopic (exact) mass is 462 g/mol. The molecule has 11 atom stereocenters. The van der Waals surface area contributed by atoms with Crippen LogP contribution in [0.25, 0.3) is 0 Å². The second-order valence-corrected chi connectivity index (χ2v) is 13.6. The average molecular weight is 463 g/mol.